The Bertz CT molecular complexity index is 228. The lowest BCUT2D eigenvalue weighted by Crippen LogP contribution is -2.05. The molecule has 0 atom stereocenters. The Balaban J connectivity index is 2.38. The van der Waals surface area contributed by atoms with Gasteiger partial charge >= 0.3 is 0 Å². The number of aliphatic hydroxyl groups excluding tert-OH is 1. The van der Waals surface area contributed by atoms with Crippen molar-refractivity contribution >= 4 is 5.78 Å². The van der Waals surface area contributed by atoms with E-state index >= 15 is 0 Å². The number of allylic oxidation sites excluding steroid dienone is 2. The molecule has 0 amide bonds. The molecule has 2 heteroatoms. The van der Waals surface area contributed by atoms with E-state index in [0.717, 1.165) is 6.42 Å². The average molecular weight is 196 g/mol. The zero-order valence-electron chi connectivity index (χ0n) is 9.01. The first-order valence-electron chi connectivity index (χ1n) is 5.54. The summed E-state index contributed by atoms with van der Waals surface area (Å²) in [6, 6.07) is 0. The maximum Gasteiger partial charge on any atom is 0.137 e. The smallest absolute Gasteiger partial charge is 0.137 e. The van der Waals surface area contributed by atoms with Gasteiger partial charge in [0.25, 0.3) is 0 Å². The van der Waals surface area contributed by atoms with Crippen LogP contribution in [0.15, 0.2) is 11.1 Å². The fourth-order valence-corrected chi connectivity index (χ4v) is 1.96. The fourth-order valence-electron chi connectivity index (χ4n) is 1.96. The second-order valence-electron chi connectivity index (χ2n) is 4.13. The first-order chi connectivity index (χ1) is 6.74. The van der Waals surface area contributed by atoms with Crippen molar-refractivity contribution in [2.75, 3.05) is 6.61 Å². The lowest BCUT2D eigenvalue weighted by atomic mass is 9.89. The minimum atomic E-state index is 0.129. The van der Waals surface area contributed by atoms with E-state index in [4.69, 9.17) is 5.11 Å². The topological polar surface area (TPSA) is 37.3 Å². The molecule has 2 nitrogen and oxygen atoms in total. The molecule has 0 radical (unpaired) electrons. The summed E-state index contributed by atoms with van der Waals surface area (Å²) in [4.78, 5) is 11.5. The molecule has 1 aliphatic rings. The summed E-state index contributed by atoms with van der Waals surface area (Å²) in [5.74, 6) is 0.287. The number of Topliss-reactive ketones (excluding diaryl/α,β-unsaturated/α-hetero) is 1. The summed E-state index contributed by atoms with van der Waals surface area (Å²) in [7, 11) is 0. The Labute approximate surface area is 86.0 Å². The number of rotatable bonds is 5. The lowest BCUT2D eigenvalue weighted by molar-refractivity contribution is -0.118. The van der Waals surface area contributed by atoms with Crippen LogP contribution in [0.5, 0.6) is 0 Å². The Morgan fingerprint density at radius 2 is 2.07 bits per heavy atom. The lowest BCUT2D eigenvalue weighted by Gasteiger charge is -2.16. The number of carbonyl (C=O) groups is 1. The number of carbonyl (C=O) groups excluding carboxylic acids is 1. The maximum absolute atomic E-state index is 11.5. The third kappa shape index (κ3) is 3.62. The Morgan fingerprint density at radius 3 is 2.71 bits per heavy atom. The molecule has 0 spiro atoms. The number of hydrogen-bond acceptors (Lipinski definition) is 2. The maximum atomic E-state index is 11.5. The summed E-state index contributed by atoms with van der Waals surface area (Å²) < 4.78 is 0. The second kappa shape index (κ2) is 5.97. The highest BCUT2D eigenvalue weighted by atomic mass is 16.3. The summed E-state index contributed by atoms with van der Waals surface area (Å²) in [6.07, 6.45) is 6.57. The Kier molecular flexibility index (Phi) is 4.88. The van der Waals surface area contributed by atoms with Gasteiger partial charge in [-0.25, -0.2) is 0 Å². The van der Waals surface area contributed by atoms with Crippen LogP contribution in [-0.2, 0) is 4.79 Å². The van der Waals surface area contributed by atoms with Gasteiger partial charge in [0.1, 0.15) is 5.78 Å². The van der Waals surface area contributed by atoms with E-state index in [1.54, 1.807) is 0 Å². The molecule has 0 saturated carbocycles. The standard InChI is InChI=1S/C12H20O2/c1-10-5-2-3-6-11(10)9-12(14)7-4-8-13/h13H,2-9H2,1H3. The van der Waals surface area contributed by atoms with Crippen molar-refractivity contribution in [3.63, 3.8) is 0 Å². The van der Waals surface area contributed by atoms with E-state index in [-0.39, 0.29) is 12.4 Å². The molecule has 1 rings (SSSR count). The van der Waals surface area contributed by atoms with Gasteiger partial charge in [-0.3, -0.25) is 4.79 Å². The van der Waals surface area contributed by atoms with Crippen LogP contribution in [0.4, 0.5) is 0 Å². The molecule has 0 bridgehead atoms. The van der Waals surface area contributed by atoms with Crippen molar-refractivity contribution in [3.05, 3.63) is 11.1 Å². The molecule has 1 aliphatic carbocycles. The van der Waals surface area contributed by atoms with E-state index in [1.807, 2.05) is 0 Å². The molecule has 14 heavy (non-hydrogen) atoms. The van der Waals surface area contributed by atoms with E-state index in [2.05, 4.69) is 6.92 Å². The summed E-state index contributed by atoms with van der Waals surface area (Å²) >= 11 is 0. The van der Waals surface area contributed by atoms with Crippen LogP contribution in [-0.4, -0.2) is 17.5 Å². The van der Waals surface area contributed by atoms with Gasteiger partial charge in [0, 0.05) is 19.4 Å². The van der Waals surface area contributed by atoms with Gasteiger partial charge in [0.15, 0.2) is 0 Å². The van der Waals surface area contributed by atoms with E-state index in [9.17, 15) is 4.79 Å². The van der Waals surface area contributed by atoms with Gasteiger partial charge < -0.3 is 5.11 Å². The SMILES string of the molecule is CC1=C(CC(=O)CCCO)CCCC1. The highest BCUT2D eigenvalue weighted by molar-refractivity contribution is 5.80. The van der Waals surface area contributed by atoms with Crippen molar-refractivity contribution in [1.82, 2.24) is 0 Å². The minimum absolute atomic E-state index is 0.129. The highest BCUT2D eigenvalue weighted by Gasteiger charge is 2.12. The summed E-state index contributed by atoms with van der Waals surface area (Å²) in [6.45, 7) is 2.28. The molecular formula is C12H20O2. The van der Waals surface area contributed by atoms with E-state index in [1.165, 1.54) is 30.4 Å². The van der Waals surface area contributed by atoms with Crippen LogP contribution < -0.4 is 0 Å². The zero-order chi connectivity index (χ0) is 10.4. The third-order valence-corrected chi connectivity index (χ3v) is 2.91. The van der Waals surface area contributed by atoms with E-state index < -0.39 is 0 Å². The van der Waals surface area contributed by atoms with Gasteiger partial charge in [0.2, 0.25) is 0 Å². The van der Waals surface area contributed by atoms with Gasteiger partial charge in [-0.15, -0.1) is 0 Å². The van der Waals surface area contributed by atoms with Gasteiger partial charge in [-0.2, -0.15) is 0 Å². The van der Waals surface area contributed by atoms with Crippen molar-refractivity contribution in [2.45, 2.75) is 51.9 Å². The molecular weight excluding hydrogens is 176 g/mol. The Hall–Kier alpha value is -0.630. The van der Waals surface area contributed by atoms with Crippen molar-refractivity contribution in [3.8, 4) is 0 Å². The molecule has 0 unspecified atom stereocenters. The molecule has 80 valence electrons. The largest absolute Gasteiger partial charge is 0.396 e. The third-order valence-electron chi connectivity index (χ3n) is 2.91. The van der Waals surface area contributed by atoms with Gasteiger partial charge in [-0.05, 0) is 39.0 Å². The fraction of sp³-hybridized carbons (Fsp3) is 0.750. The van der Waals surface area contributed by atoms with Crippen LogP contribution in [0.25, 0.3) is 0 Å². The molecule has 0 fully saturated rings. The van der Waals surface area contributed by atoms with Crippen LogP contribution in [0.2, 0.25) is 0 Å². The summed E-state index contributed by atoms with van der Waals surface area (Å²) in [5, 5.41) is 8.61. The molecule has 0 aromatic heterocycles. The van der Waals surface area contributed by atoms with Crippen LogP contribution in [0.1, 0.15) is 51.9 Å². The molecule has 0 aromatic carbocycles. The molecule has 1 N–H and O–H groups in total. The quantitative estimate of drug-likeness (QED) is 0.686. The number of aliphatic hydroxyl groups is 1. The van der Waals surface area contributed by atoms with Crippen molar-refractivity contribution in [2.24, 2.45) is 0 Å². The molecule has 0 saturated heterocycles. The number of ketones is 1. The van der Waals surface area contributed by atoms with Crippen LogP contribution in [0.3, 0.4) is 0 Å². The molecule has 0 heterocycles. The van der Waals surface area contributed by atoms with Crippen molar-refractivity contribution < 1.29 is 9.90 Å². The van der Waals surface area contributed by atoms with E-state index in [0.29, 0.717) is 19.3 Å². The first kappa shape index (κ1) is 11.4. The predicted octanol–water partition coefficient (Wildman–Crippen LogP) is 2.61. The van der Waals surface area contributed by atoms with Crippen LogP contribution in [0, 0.1) is 0 Å². The zero-order valence-corrected chi connectivity index (χ0v) is 9.01. The van der Waals surface area contributed by atoms with Gasteiger partial charge in [0.05, 0.1) is 0 Å². The predicted molar refractivity (Wildman–Crippen MR) is 57.1 cm³/mol. The normalized spacial score (nSPS) is 17.3. The minimum Gasteiger partial charge on any atom is -0.396 e. The second-order valence-corrected chi connectivity index (χ2v) is 4.13. The molecule has 0 aromatic rings. The van der Waals surface area contributed by atoms with Crippen molar-refractivity contribution in [1.29, 1.82) is 0 Å². The van der Waals surface area contributed by atoms with Gasteiger partial charge in [-0.1, -0.05) is 11.1 Å². The highest BCUT2D eigenvalue weighted by Crippen LogP contribution is 2.26. The first-order valence-corrected chi connectivity index (χ1v) is 5.54. The number of hydrogen-bond donors (Lipinski definition) is 1. The average Bonchev–Trinajstić information content (AvgIpc) is 2.18. The molecule has 0 aliphatic heterocycles. The summed E-state index contributed by atoms with van der Waals surface area (Å²) in [5.41, 5.74) is 2.78. The van der Waals surface area contributed by atoms with Crippen LogP contribution >= 0.6 is 0 Å². The monoisotopic (exact) mass is 196 g/mol. The Morgan fingerprint density at radius 1 is 1.36 bits per heavy atom.